The molecule has 4 heteroatoms. The zero-order chi connectivity index (χ0) is 35.3. The van der Waals surface area contributed by atoms with Crippen molar-refractivity contribution < 1.29 is 56.9 Å². The molecular formula is C46H98I2N2. The topological polar surface area (TPSA) is 0 Å². The minimum atomic E-state index is 0. The molecular weight excluding hydrogens is 834 g/mol. The van der Waals surface area contributed by atoms with Gasteiger partial charge in [-0.25, -0.2) is 0 Å². The van der Waals surface area contributed by atoms with Gasteiger partial charge in [0.05, 0.1) is 54.4 Å². The summed E-state index contributed by atoms with van der Waals surface area (Å²) < 4.78 is 2.47. The molecule has 2 nitrogen and oxygen atoms in total. The summed E-state index contributed by atoms with van der Waals surface area (Å²) in [4.78, 5) is 0. The number of rotatable bonds is 41. The molecule has 0 fully saturated rings. The third-order valence-corrected chi connectivity index (χ3v) is 11.5. The van der Waals surface area contributed by atoms with Crippen molar-refractivity contribution in [3.8, 4) is 0 Å². The maximum Gasteiger partial charge on any atom is 0.0782 e. The lowest BCUT2D eigenvalue weighted by atomic mass is 10.0. The van der Waals surface area contributed by atoms with Crippen molar-refractivity contribution in [1.29, 1.82) is 0 Å². The van der Waals surface area contributed by atoms with E-state index >= 15 is 0 Å². The first-order valence-corrected chi connectivity index (χ1v) is 23.0. The highest BCUT2D eigenvalue weighted by molar-refractivity contribution is 4.53. The summed E-state index contributed by atoms with van der Waals surface area (Å²) in [7, 11) is 9.90. The smallest absolute Gasteiger partial charge is 0.0782 e. The highest BCUT2D eigenvalue weighted by Crippen LogP contribution is 2.17. The van der Waals surface area contributed by atoms with E-state index in [0.29, 0.717) is 0 Å². The predicted molar refractivity (Wildman–Crippen MR) is 221 cm³/mol. The maximum atomic E-state index is 2.48. The number of quaternary nitrogens is 2. The van der Waals surface area contributed by atoms with Gasteiger partial charge in [0.1, 0.15) is 0 Å². The lowest BCUT2D eigenvalue weighted by Crippen LogP contribution is -3.00. The van der Waals surface area contributed by atoms with Crippen LogP contribution in [-0.4, -0.2) is 63.3 Å². The quantitative estimate of drug-likeness (QED) is 0.0326. The Balaban J connectivity index is -0.0000110. The lowest BCUT2D eigenvalue weighted by Gasteiger charge is -2.31. The monoisotopic (exact) mass is 933 g/mol. The number of halogens is 2. The van der Waals surface area contributed by atoms with Crippen LogP contribution in [0.4, 0.5) is 0 Å². The summed E-state index contributed by atoms with van der Waals surface area (Å²) in [6, 6.07) is 0. The molecule has 0 saturated heterocycles. The summed E-state index contributed by atoms with van der Waals surface area (Å²) in [5.41, 5.74) is 0. The van der Waals surface area contributed by atoms with Gasteiger partial charge in [0.15, 0.2) is 0 Å². The fourth-order valence-corrected chi connectivity index (χ4v) is 7.83. The molecule has 50 heavy (non-hydrogen) atoms. The Bertz CT molecular complexity index is 557. The summed E-state index contributed by atoms with van der Waals surface area (Å²) >= 11 is 0. The van der Waals surface area contributed by atoms with E-state index in [1.54, 1.807) is 0 Å². The van der Waals surface area contributed by atoms with E-state index in [4.69, 9.17) is 0 Å². The SMILES string of the molecule is CCCCCCCCCCCCCCCCCC[N+](C)(C)CCCCCC[N+](C)(C)CCCCCCCCCCCCCCCCCC.[I-].[I-]. The molecule has 0 bridgehead atoms. The summed E-state index contributed by atoms with van der Waals surface area (Å²) in [6.07, 6.45) is 52.5. The van der Waals surface area contributed by atoms with E-state index in [1.807, 2.05) is 0 Å². The molecule has 0 heterocycles. The van der Waals surface area contributed by atoms with Gasteiger partial charge in [-0.2, -0.15) is 0 Å². The van der Waals surface area contributed by atoms with Crippen LogP contribution >= 0.6 is 0 Å². The van der Waals surface area contributed by atoms with Crippen LogP contribution in [0.5, 0.6) is 0 Å². The third kappa shape index (κ3) is 45.5. The molecule has 0 N–H and O–H groups in total. The molecule has 0 amide bonds. The van der Waals surface area contributed by atoms with Crippen LogP contribution in [0.3, 0.4) is 0 Å². The molecule has 0 rings (SSSR count). The van der Waals surface area contributed by atoms with Gasteiger partial charge in [-0.3, -0.25) is 0 Å². The zero-order valence-corrected chi connectivity index (χ0v) is 40.2. The van der Waals surface area contributed by atoms with E-state index < -0.39 is 0 Å². The second kappa shape index (κ2) is 43.1. The fourth-order valence-electron chi connectivity index (χ4n) is 7.83. The van der Waals surface area contributed by atoms with Crippen LogP contribution in [0.15, 0.2) is 0 Å². The van der Waals surface area contributed by atoms with Crippen molar-refractivity contribution in [3.05, 3.63) is 0 Å². The molecule has 0 unspecified atom stereocenters. The Labute approximate surface area is 353 Å². The maximum absolute atomic E-state index is 2.48. The molecule has 0 radical (unpaired) electrons. The van der Waals surface area contributed by atoms with Gasteiger partial charge in [-0.05, 0) is 51.4 Å². The van der Waals surface area contributed by atoms with Gasteiger partial charge in [0.25, 0.3) is 0 Å². The van der Waals surface area contributed by atoms with E-state index in [2.05, 4.69) is 42.0 Å². The normalized spacial score (nSPS) is 11.9. The Morgan fingerprint density at radius 3 is 0.460 bits per heavy atom. The van der Waals surface area contributed by atoms with E-state index in [-0.39, 0.29) is 48.0 Å². The highest BCUT2D eigenvalue weighted by atomic mass is 127. The molecule has 0 spiro atoms. The zero-order valence-electron chi connectivity index (χ0n) is 35.9. The molecule has 0 aliphatic rings. The van der Waals surface area contributed by atoms with Crippen LogP contribution in [0.25, 0.3) is 0 Å². The Hall–Kier alpha value is 1.38. The van der Waals surface area contributed by atoms with Crippen LogP contribution in [0, 0.1) is 0 Å². The molecule has 0 aliphatic heterocycles. The third-order valence-electron chi connectivity index (χ3n) is 11.5. The largest absolute Gasteiger partial charge is 1.00 e. The summed E-state index contributed by atoms with van der Waals surface area (Å²) in [5, 5.41) is 0. The summed E-state index contributed by atoms with van der Waals surface area (Å²) in [6.45, 7) is 10.1. The van der Waals surface area contributed by atoms with E-state index in [0.717, 1.165) is 0 Å². The second-order valence-electron chi connectivity index (χ2n) is 17.8. The Morgan fingerprint density at radius 1 is 0.200 bits per heavy atom. The van der Waals surface area contributed by atoms with Gasteiger partial charge >= 0.3 is 0 Å². The molecule has 0 aliphatic carbocycles. The van der Waals surface area contributed by atoms with Gasteiger partial charge < -0.3 is 56.9 Å². The Morgan fingerprint density at radius 2 is 0.320 bits per heavy atom. The van der Waals surface area contributed by atoms with Crippen LogP contribution in [-0.2, 0) is 0 Å². The lowest BCUT2D eigenvalue weighted by molar-refractivity contribution is -0.891. The van der Waals surface area contributed by atoms with E-state index in [9.17, 15) is 0 Å². The van der Waals surface area contributed by atoms with Crippen molar-refractivity contribution in [1.82, 2.24) is 0 Å². The Kier molecular flexibility index (Phi) is 48.0. The van der Waals surface area contributed by atoms with Crippen molar-refractivity contribution in [2.45, 2.75) is 245 Å². The number of unbranched alkanes of at least 4 members (excludes halogenated alkanes) is 33. The fraction of sp³-hybridized carbons (Fsp3) is 1.00. The number of hydrogen-bond acceptors (Lipinski definition) is 0. The van der Waals surface area contributed by atoms with Crippen molar-refractivity contribution >= 4 is 0 Å². The average molecular weight is 933 g/mol. The molecule has 306 valence electrons. The first kappa shape index (κ1) is 55.7. The molecule has 0 aromatic rings. The van der Waals surface area contributed by atoms with Crippen LogP contribution in [0.1, 0.15) is 245 Å². The minimum Gasteiger partial charge on any atom is -1.00 e. The number of nitrogens with zero attached hydrogens (tertiary/aromatic N) is 2. The first-order valence-electron chi connectivity index (χ1n) is 23.0. The summed E-state index contributed by atoms with van der Waals surface area (Å²) in [5.74, 6) is 0. The molecule has 0 aromatic heterocycles. The molecule has 0 aromatic carbocycles. The average Bonchev–Trinajstić information content (AvgIpc) is 3.06. The van der Waals surface area contributed by atoms with E-state index in [1.165, 1.54) is 266 Å². The standard InChI is InChI=1S/C46H98N2.2HI/c1-7-9-11-13-15-17-19-21-23-25-27-29-31-33-35-39-43-47(3,4)45-41-37-38-42-46-48(5,6)44-40-36-34-32-30-28-26-24-22-20-18-16-14-12-10-8-2;;/h7-46H2,1-6H3;2*1H/q+2;;/p-2. The first-order chi connectivity index (χ1) is 23.3. The molecule has 0 atom stereocenters. The van der Waals surface area contributed by atoms with Gasteiger partial charge in [0.2, 0.25) is 0 Å². The van der Waals surface area contributed by atoms with Crippen LogP contribution in [0.2, 0.25) is 0 Å². The van der Waals surface area contributed by atoms with Gasteiger partial charge in [0, 0.05) is 0 Å². The minimum absolute atomic E-state index is 0. The predicted octanol–water partition coefficient (Wildman–Crippen LogP) is 9.23. The molecule has 0 saturated carbocycles. The van der Waals surface area contributed by atoms with Crippen molar-refractivity contribution in [2.24, 2.45) is 0 Å². The highest BCUT2D eigenvalue weighted by Gasteiger charge is 2.16. The van der Waals surface area contributed by atoms with Crippen LogP contribution < -0.4 is 48.0 Å². The van der Waals surface area contributed by atoms with Crippen molar-refractivity contribution in [3.63, 3.8) is 0 Å². The van der Waals surface area contributed by atoms with Crippen molar-refractivity contribution in [2.75, 3.05) is 54.4 Å². The van der Waals surface area contributed by atoms with Gasteiger partial charge in [-0.15, -0.1) is 0 Å². The second-order valence-corrected chi connectivity index (χ2v) is 17.8. The number of hydrogen-bond donors (Lipinski definition) is 0. The van der Waals surface area contributed by atoms with Gasteiger partial charge in [-0.1, -0.05) is 194 Å².